The Morgan fingerprint density at radius 3 is 2.54 bits per heavy atom. The van der Waals surface area contributed by atoms with Gasteiger partial charge in [-0.2, -0.15) is 0 Å². The Morgan fingerprint density at radius 2 is 1.86 bits per heavy atom. The van der Waals surface area contributed by atoms with Crippen LogP contribution < -0.4 is 14.4 Å². The quantitative estimate of drug-likeness (QED) is 0.659. The first-order valence-electron chi connectivity index (χ1n) is 9.24. The van der Waals surface area contributed by atoms with Crippen molar-refractivity contribution in [3.8, 4) is 5.75 Å². The minimum Gasteiger partial charge on any atom is -0.495 e. The predicted molar refractivity (Wildman–Crippen MR) is 111 cm³/mol. The zero-order valence-corrected chi connectivity index (χ0v) is 17.4. The molecule has 0 amide bonds. The number of halogens is 1. The summed E-state index contributed by atoms with van der Waals surface area (Å²) in [5, 5.41) is 0.349. The first-order valence-corrected chi connectivity index (χ1v) is 11.1. The third kappa shape index (κ3) is 5.38. The number of anilines is 1. The van der Waals surface area contributed by atoms with Gasteiger partial charge in [-0.25, -0.2) is 13.1 Å². The van der Waals surface area contributed by atoms with Gasteiger partial charge >= 0.3 is 0 Å². The van der Waals surface area contributed by atoms with Gasteiger partial charge in [-0.15, -0.1) is 0 Å². The summed E-state index contributed by atoms with van der Waals surface area (Å²) < 4.78 is 38.2. The second kappa shape index (κ2) is 9.60. The predicted octanol–water partition coefficient (Wildman–Crippen LogP) is 3.10. The summed E-state index contributed by atoms with van der Waals surface area (Å²) in [4.78, 5) is 2.36. The van der Waals surface area contributed by atoms with Gasteiger partial charge in [-0.1, -0.05) is 23.7 Å². The summed E-state index contributed by atoms with van der Waals surface area (Å²) in [5.41, 5.74) is 2.37. The molecule has 0 atom stereocenters. The fourth-order valence-corrected chi connectivity index (χ4v) is 4.64. The standard InChI is InChI=1S/C20H25ClN2O4S/c1-26-19-9-6-17(21)15-20(19)28(24,25)22-10-2-3-16-4-7-18(8-5-16)23-11-13-27-14-12-23/h4-9,15,22H,2-3,10-14H2,1H3. The van der Waals surface area contributed by atoms with Gasteiger partial charge in [0.05, 0.1) is 20.3 Å². The molecule has 2 aromatic carbocycles. The Kier molecular flexibility index (Phi) is 7.18. The van der Waals surface area contributed by atoms with Crippen LogP contribution >= 0.6 is 11.6 Å². The Hall–Kier alpha value is -1.80. The minimum atomic E-state index is -3.68. The molecule has 6 nitrogen and oxygen atoms in total. The van der Waals surface area contributed by atoms with Crippen molar-refractivity contribution in [2.24, 2.45) is 0 Å². The topological polar surface area (TPSA) is 67.9 Å². The summed E-state index contributed by atoms with van der Waals surface area (Å²) in [6.45, 7) is 3.68. The molecule has 0 spiro atoms. The van der Waals surface area contributed by atoms with Gasteiger partial charge in [0.2, 0.25) is 10.0 Å². The van der Waals surface area contributed by atoms with E-state index in [0.29, 0.717) is 18.0 Å². The third-order valence-corrected chi connectivity index (χ3v) is 6.38. The Bertz CT molecular complexity index is 882. The molecule has 1 aliphatic rings. The molecule has 28 heavy (non-hydrogen) atoms. The van der Waals surface area contributed by atoms with Crippen molar-refractivity contribution in [1.29, 1.82) is 0 Å². The molecule has 0 saturated carbocycles. The molecule has 8 heteroatoms. The molecule has 1 aliphatic heterocycles. The molecule has 0 aliphatic carbocycles. The summed E-state index contributed by atoms with van der Waals surface area (Å²) >= 11 is 5.93. The fraction of sp³-hybridized carbons (Fsp3) is 0.400. The van der Waals surface area contributed by atoms with Crippen molar-refractivity contribution < 1.29 is 17.9 Å². The second-order valence-corrected chi connectivity index (χ2v) is 8.73. The first-order chi connectivity index (χ1) is 13.5. The van der Waals surface area contributed by atoms with E-state index in [9.17, 15) is 8.42 Å². The Balaban J connectivity index is 1.52. The van der Waals surface area contributed by atoms with Crippen LogP contribution in [0.4, 0.5) is 5.69 Å². The van der Waals surface area contributed by atoms with Crippen molar-refractivity contribution in [1.82, 2.24) is 4.72 Å². The summed E-state index contributed by atoms with van der Waals surface area (Å²) in [6.07, 6.45) is 1.48. The van der Waals surface area contributed by atoms with Gasteiger partial charge in [0.1, 0.15) is 10.6 Å². The van der Waals surface area contributed by atoms with Gasteiger partial charge < -0.3 is 14.4 Å². The van der Waals surface area contributed by atoms with E-state index in [-0.39, 0.29) is 10.6 Å². The van der Waals surface area contributed by atoms with Crippen LogP contribution in [0.1, 0.15) is 12.0 Å². The van der Waals surface area contributed by atoms with Crippen LogP contribution in [0.5, 0.6) is 5.75 Å². The Labute approximate surface area is 171 Å². The van der Waals surface area contributed by atoms with Crippen molar-refractivity contribution in [3.05, 3.63) is 53.1 Å². The van der Waals surface area contributed by atoms with E-state index >= 15 is 0 Å². The number of ether oxygens (including phenoxy) is 2. The fourth-order valence-electron chi connectivity index (χ4n) is 3.13. The number of rotatable bonds is 8. The van der Waals surface area contributed by atoms with Gasteiger partial charge in [-0.3, -0.25) is 0 Å². The highest BCUT2D eigenvalue weighted by molar-refractivity contribution is 7.89. The molecule has 1 fully saturated rings. The van der Waals surface area contributed by atoms with E-state index in [0.717, 1.165) is 32.7 Å². The number of aryl methyl sites for hydroxylation is 1. The average Bonchev–Trinajstić information content (AvgIpc) is 2.72. The molecular weight excluding hydrogens is 400 g/mol. The highest BCUT2D eigenvalue weighted by atomic mass is 35.5. The first kappa shape index (κ1) is 20.9. The highest BCUT2D eigenvalue weighted by Gasteiger charge is 2.19. The molecule has 0 aromatic heterocycles. The number of morpholine rings is 1. The smallest absolute Gasteiger partial charge is 0.244 e. The lowest BCUT2D eigenvalue weighted by molar-refractivity contribution is 0.122. The average molecular weight is 425 g/mol. The Morgan fingerprint density at radius 1 is 1.14 bits per heavy atom. The zero-order chi connectivity index (χ0) is 20.0. The van der Waals surface area contributed by atoms with Gasteiger partial charge in [0.25, 0.3) is 0 Å². The maximum absolute atomic E-state index is 12.5. The molecule has 1 heterocycles. The molecule has 0 radical (unpaired) electrons. The van der Waals surface area contributed by atoms with E-state index in [4.69, 9.17) is 21.1 Å². The lowest BCUT2D eigenvalue weighted by Gasteiger charge is -2.28. The second-order valence-electron chi connectivity index (χ2n) is 6.56. The number of hydrogen-bond acceptors (Lipinski definition) is 5. The molecule has 2 aromatic rings. The van der Waals surface area contributed by atoms with Crippen LogP contribution in [0.25, 0.3) is 0 Å². The summed E-state index contributed by atoms with van der Waals surface area (Å²) in [6, 6.07) is 13.0. The summed E-state index contributed by atoms with van der Waals surface area (Å²) in [7, 11) is -2.25. The molecule has 1 saturated heterocycles. The lowest BCUT2D eigenvalue weighted by atomic mass is 10.1. The van der Waals surface area contributed by atoms with Gasteiger partial charge in [0, 0.05) is 30.3 Å². The molecule has 1 N–H and O–H groups in total. The number of nitrogens with zero attached hydrogens (tertiary/aromatic N) is 1. The summed E-state index contributed by atoms with van der Waals surface area (Å²) in [5.74, 6) is 0.274. The monoisotopic (exact) mass is 424 g/mol. The zero-order valence-electron chi connectivity index (χ0n) is 15.9. The van der Waals surface area contributed by atoms with Crippen LogP contribution in [0.15, 0.2) is 47.4 Å². The van der Waals surface area contributed by atoms with Crippen molar-refractivity contribution in [2.75, 3.05) is 44.9 Å². The van der Waals surface area contributed by atoms with Gasteiger partial charge in [0.15, 0.2) is 0 Å². The molecule has 3 rings (SSSR count). The maximum Gasteiger partial charge on any atom is 0.244 e. The number of benzene rings is 2. The van der Waals surface area contributed by atoms with Crippen LogP contribution in [-0.4, -0.2) is 48.4 Å². The minimum absolute atomic E-state index is 0.0531. The molecule has 0 unspecified atom stereocenters. The van der Waals surface area contributed by atoms with Crippen molar-refractivity contribution >= 4 is 27.3 Å². The number of sulfonamides is 1. The molecule has 0 bridgehead atoms. The van der Waals surface area contributed by atoms with E-state index in [2.05, 4.69) is 33.9 Å². The van der Waals surface area contributed by atoms with Crippen molar-refractivity contribution in [2.45, 2.75) is 17.7 Å². The van der Waals surface area contributed by atoms with E-state index < -0.39 is 10.0 Å². The lowest BCUT2D eigenvalue weighted by Crippen LogP contribution is -2.36. The third-order valence-electron chi connectivity index (χ3n) is 4.66. The largest absolute Gasteiger partial charge is 0.495 e. The number of methoxy groups -OCH3 is 1. The van der Waals surface area contributed by atoms with Crippen LogP contribution in [-0.2, 0) is 21.2 Å². The van der Waals surface area contributed by atoms with Crippen molar-refractivity contribution in [3.63, 3.8) is 0 Å². The van der Waals surface area contributed by atoms with Crippen LogP contribution in [0.3, 0.4) is 0 Å². The molecule has 152 valence electrons. The molecular formula is C20H25ClN2O4S. The highest BCUT2D eigenvalue weighted by Crippen LogP contribution is 2.26. The number of hydrogen-bond donors (Lipinski definition) is 1. The van der Waals surface area contributed by atoms with Crippen LogP contribution in [0.2, 0.25) is 5.02 Å². The van der Waals surface area contributed by atoms with Crippen LogP contribution in [0, 0.1) is 0 Å². The van der Waals surface area contributed by atoms with E-state index in [1.165, 1.54) is 24.4 Å². The SMILES string of the molecule is COc1ccc(Cl)cc1S(=O)(=O)NCCCc1ccc(N2CCOCC2)cc1. The van der Waals surface area contributed by atoms with E-state index in [1.54, 1.807) is 12.1 Å². The normalized spacial score (nSPS) is 14.9. The maximum atomic E-state index is 12.5. The number of nitrogens with one attached hydrogen (secondary N) is 1. The van der Waals surface area contributed by atoms with E-state index in [1.807, 2.05) is 0 Å². The van der Waals surface area contributed by atoms with Gasteiger partial charge in [-0.05, 0) is 48.7 Å².